The molecule has 5 rings (SSSR count). The highest BCUT2D eigenvalue weighted by molar-refractivity contribution is 7.90. The van der Waals surface area contributed by atoms with Gasteiger partial charge in [-0.1, -0.05) is 0 Å². The van der Waals surface area contributed by atoms with Crippen molar-refractivity contribution in [3.8, 4) is 0 Å². The molecule has 5 fully saturated rings. The van der Waals surface area contributed by atoms with Crippen molar-refractivity contribution in [2.45, 2.75) is 100 Å². The lowest BCUT2D eigenvalue weighted by Crippen LogP contribution is -2.64. The number of ketones is 1. The molecule has 3 unspecified atom stereocenters. The topological polar surface area (TPSA) is 107 Å². The monoisotopic (exact) mass is 508 g/mol. The molecular formula is C25H40N4O5S. The van der Waals surface area contributed by atoms with Crippen molar-refractivity contribution in [2.24, 2.45) is 11.8 Å². The highest BCUT2D eigenvalue weighted by atomic mass is 32.2. The second-order valence-electron chi connectivity index (χ2n) is 11.8. The molecule has 2 heterocycles. The van der Waals surface area contributed by atoms with Crippen LogP contribution in [0.5, 0.6) is 0 Å². The molecule has 10 heteroatoms. The summed E-state index contributed by atoms with van der Waals surface area (Å²) in [7, 11) is -2.10. The van der Waals surface area contributed by atoms with Gasteiger partial charge < -0.3 is 9.80 Å². The van der Waals surface area contributed by atoms with Crippen molar-refractivity contribution < 1.29 is 22.8 Å². The van der Waals surface area contributed by atoms with E-state index in [9.17, 15) is 22.8 Å². The molecule has 2 aliphatic heterocycles. The number of carbonyl (C=O) groups excluding carboxylic acids is 3. The van der Waals surface area contributed by atoms with Gasteiger partial charge in [0, 0.05) is 30.6 Å². The normalized spacial score (nSPS) is 35.8. The van der Waals surface area contributed by atoms with Gasteiger partial charge in [0.1, 0.15) is 0 Å². The van der Waals surface area contributed by atoms with E-state index < -0.39 is 33.3 Å². The third-order valence-corrected chi connectivity index (χ3v) is 11.4. The molecule has 5 aliphatic rings. The van der Waals surface area contributed by atoms with Gasteiger partial charge in [0.15, 0.2) is 5.78 Å². The predicted octanol–water partition coefficient (Wildman–Crippen LogP) is 2.11. The summed E-state index contributed by atoms with van der Waals surface area (Å²) in [5, 5.41) is -0.648. The molecule has 196 valence electrons. The Bertz CT molecular complexity index is 966. The van der Waals surface area contributed by atoms with E-state index >= 15 is 0 Å². The molecule has 1 N–H and O–H groups in total. The number of fused-ring (bicyclic) bond motifs is 1. The highest BCUT2D eigenvalue weighted by Crippen LogP contribution is 2.40. The molecule has 9 nitrogen and oxygen atoms in total. The van der Waals surface area contributed by atoms with E-state index in [0.717, 1.165) is 43.4 Å². The first-order valence-corrected chi connectivity index (χ1v) is 15.0. The highest BCUT2D eigenvalue weighted by Gasteiger charge is 2.52. The van der Waals surface area contributed by atoms with Crippen LogP contribution >= 0.6 is 0 Å². The third-order valence-electron chi connectivity index (χ3n) is 9.31. The first kappa shape index (κ1) is 25.1. The van der Waals surface area contributed by atoms with Crippen molar-refractivity contribution in [3.05, 3.63) is 0 Å². The van der Waals surface area contributed by atoms with Gasteiger partial charge in [-0.25, -0.2) is 17.9 Å². The first-order valence-electron chi connectivity index (χ1n) is 13.5. The maximum atomic E-state index is 13.3. The van der Waals surface area contributed by atoms with Crippen molar-refractivity contribution in [1.82, 2.24) is 19.4 Å². The average molecular weight is 509 g/mol. The lowest BCUT2D eigenvalue weighted by molar-refractivity contribution is -0.141. The minimum Gasteiger partial charge on any atom is -0.313 e. The van der Waals surface area contributed by atoms with Crippen LogP contribution in [-0.4, -0.2) is 90.4 Å². The molecule has 0 bridgehead atoms. The zero-order chi connectivity index (χ0) is 25.0. The van der Waals surface area contributed by atoms with Crippen LogP contribution in [-0.2, 0) is 19.6 Å². The van der Waals surface area contributed by atoms with E-state index in [0.29, 0.717) is 18.9 Å². The van der Waals surface area contributed by atoms with Crippen LogP contribution < -0.4 is 4.72 Å². The molecule has 3 atom stereocenters. The lowest BCUT2D eigenvalue weighted by Gasteiger charge is -2.47. The summed E-state index contributed by atoms with van der Waals surface area (Å²) in [5.74, 6) is -0.868. The van der Waals surface area contributed by atoms with Gasteiger partial charge in [-0.3, -0.25) is 14.5 Å². The summed E-state index contributed by atoms with van der Waals surface area (Å²) >= 11 is 0. The standard InChI is InChI=1S/C25H40N4O5S/c1-25(11-12-25)26-35(33,34)19-9-10-21-20(15-19)23(31)27(2)24(32)29(21)16-22(30)17-5-7-18(8-6-17)28-13-3-4-14-28/h17-21,26H,3-16H2,1-2H3. The maximum absolute atomic E-state index is 13.3. The molecule has 0 radical (unpaired) electrons. The number of hydrogen-bond donors (Lipinski definition) is 1. The number of likely N-dealkylation sites (tertiary alicyclic amines) is 1. The van der Waals surface area contributed by atoms with Crippen LogP contribution in [0.4, 0.5) is 4.79 Å². The Hall–Kier alpha value is -1.52. The van der Waals surface area contributed by atoms with E-state index in [1.54, 1.807) is 4.90 Å². The van der Waals surface area contributed by atoms with E-state index in [1.807, 2.05) is 6.92 Å². The molecule has 0 aromatic carbocycles. The van der Waals surface area contributed by atoms with E-state index in [4.69, 9.17) is 0 Å². The minimum atomic E-state index is -3.55. The van der Waals surface area contributed by atoms with Gasteiger partial charge in [-0.2, -0.15) is 0 Å². The van der Waals surface area contributed by atoms with Crippen molar-refractivity contribution in [1.29, 1.82) is 0 Å². The number of amides is 3. The molecule has 3 aliphatic carbocycles. The molecule has 0 aromatic heterocycles. The largest absolute Gasteiger partial charge is 0.327 e. The van der Waals surface area contributed by atoms with Gasteiger partial charge in [0.05, 0.1) is 17.7 Å². The Morgan fingerprint density at radius 1 is 1.03 bits per heavy atom. The number of nitrogens with one attached hydrogen (secondary N) is 1. The molecule has 0 aromatic rings. The fourth-order valence-corrected chi connectivity index (χ4v) is 8.75. The quantitative estimate of drug-likeness (QED) is 0.565. The number of urea groups is 1. The summed E-state index contributed by atoms with van der Waals surface area (Å²) in [4.78, 5) is 44.5. The molecule has 35 heavy (non-hydrogen) atoms. The summed E-state index contributed by atoms with van der Waals surface area (Å²) in [6.07, 6.45) is 8.97. The first-order chi connectivity index (χ1) is 16.6. The van der Waals surface area contributed by atoms with Crippen LogP contribution in [0.25, 0.3) is 0 Å². The second kappa shape index (κ2) is 9.41. The molecule has 0 spiro atoms. The number of hydrogen-bond acceptors (Lipinski definition) is 6. The van der Waals surface area contributed by atoms with Crippen LogP contribution in [0.1, 0.15) is 77.6 Å². The van der Waals surface area contributed by atoms with Crippen LogP contribution in [0, 0.1) is 11.8 Å². The average Bonchev–Trinajstić information content (AvgIpc) is 3.31. The van der Waals surface area contributed by atoms with Crippen molar-refractivity contribution >= 4 is 27.7 Å². The number of nitrogens with zero attached hydrogens (tertiary/aromatic N) is 3. The maximum Gasteiger partial charge on any atom is 0.327 e. The van der Waals surface area contributed by atoms with E-state index in [-0.39, 0.29) is 36.1 Å². The molecule has 2 saturated heterocycles. The van der Waals surface area contributed by atoms with Crippen molar-refractivity contribution in [3.63, 3.8) is 0 Å². The fraction of sp³-hybridized carbons (Fsp3) is 0.880. The third kappa shape index (κ3) is 5.03. The second-order valence-corrected chi connectivity index (χ2v) is 13.8. The summed E-state index contributed by atoms with van der Waals surface area (Å²) < 4.78 is 28.8. The van der Waals surface area contributed by atoms with Crippen LogP contribution in [0.15, 0.2) is 0 Å². The van der Waals surface area contributed by atoms with Gasteiger partial charge in [0.2, 0.25) is 15.9 Å². The smallest absolute Gasteiger partial charge is 0.313 e. The Morgan fingerprint density at radius 3 is 2.31 bits per heavy atom. The number of imide groups is 1. The van der Waals surface area contributed by atoms with Crippen molar-refractivity contribution in [2.75, 3.05) is 26.7 Å². The lowest BCUT2D eigenvalue weighted by atomic mass is 9.79. The molecule has 3 saturated carbocycles. The van der Waals surface area contributed by atoms with Gasteiger partial charge >= 0.3 is 6.03 Å². The number of Topliss-reactive ketones (excluding diaryl/α,β-unsaturated/α-hetero) is 1. The molecule has 3 amide bonds. The number of carbonyl (C=O) groups is 3. The van der Waals surface area contributed by atoms with E-state index in [1.165, 1.54) is 33.0 Å². The summed E-state index contributed by atoms with van der Waals surface area (Å²) in [6.45, 7) is 4.26. The zero-order valence-electron chi connectivity index (χ0n) is 21.1. The number of rotatable bonds is 7. The SMILES string of the molecule is CN1C(=O)C2CC(S(=O)(=O)NC3(C)CC3)CCC2N(CC(=O)C2CCC(N3CCCC3)CC2)C1=O. The predicted molar refractivity (Wildman–Crippen MR) is 131 cm³/mol. The Balaban J connectivity index is 1.23. The van der Waals surface area contributed by atoms with Crippen LogP contribution in [0.3, 0.4) is 0 Å². The number of sulfonamides is 1. The summed E-state index contributed by atoms with van der Waals surface area (Å²) in [5.41, 5.74) is -0.356. The van der Waals surface area contributed by atoms with Gasteiger partial charge in [-0.15, -0.1) is 0 Å². The minimum absolute atomic E-state index is 0.0183. The van der Waals surface area contributed by atoms with Gasteiger partial charge in [-0.05, 0) is 90.6 Å². The van der Waals surface area contributed by atoms with Crippen LogP contribution in [0.2, 0.25) is 0 Å². The summed E-state index contributed by atoms with van der Waals surface area (Å²) in [6, 6.07) is -0.255. The fourth-order valence-electron chi connectivity index (χ4n) is 6.78. The van der Waals surface area contributed by atoms with Gasteiger partial charge in [0.25, 0.3) is 0 Å². The Labute approximate surface area is 209 Å². The molecular weight excluding hydrogens is 468 g/mol. The zero-order valence-corrected chi connectivity index (χ0v) is 21.9. The Kier molecular flexibility index (Phi) is 6.76. The Morgan fingerprint density at radius 2 is 1.69 bits per heavy atom. The van der Waals surface area contributed by atoms with E-state index in [2.05, 4.69) is 9.62 Å².